The Bertz CT molecular complexity index is 389. The maximum atomic E-state index is 10.8. The molecule has 0 amide bonds. The number of rotatable bonds is 0. The van der Waals surface area contributed by atoms with Crippen molar-refractivity contribution < 1.29 is 4.85 Å². The molecule has 0 bridgehead atoms. The Morgan fingerprint density at radius 1 is 1.33 bits per heavy atom. The van der Waals surface area contributed by atoms with Gasteiger partial charge in [0.2, 0.25) is 6.20 Å². The van der Waals surface area contributed by atoms with Gasteiger partial charge in [-0.2, -0.15) is 0 Å². The number of benzene rings is 1. The summed E-state index contributed by atoms with van der Waals surface area (Å²) in [6.45, 7) is 2.00. The van der Waals surface area contributed by atoms with Gasteiger partial charge >= 0.3 is 0 Å². The molecule has 0 aliphatic carbocycles. The van der Waals surface area contributed by atoms with Crippen molar-refractivity contribution >= 4 is 10.8 Å². The molecule has 0 saturated heterocycles. The Hall–Kier alpha value is -1.64. The molecule has 0 spiro atoms. The van der Waals surface area contributed by atoms with Crippen LogP contribution in [0.5, 0.6) is 0 Å². The Balaban J connectivity index is 2.80. The van der Waals surface area contributed by atoms with Gasteiger partial charge in [0.25, 0.3) is 0 Å². The zero-order valence-corrected chi connectivity index (χ0v) is 6.69. The average molecular weight is 160 g/mol. The van der Waals surface area contributed by atoms with E-state index in [4.69, 9.17) is 0 Å². The van der Waals surface area contributed by atoms with Crippen LogP contribution < -0.4 is 4.85 Å². The first-order valence-electron chi connectivity index (χ1n) is 3.71. The van der Waals surface area contributed by atoms with Crippen LogP contribution in [0.2, 0.25) is 0 Å². The molecule has 1 aromatic carbocycles. The molecule has 0 aliphatic rings. The molecule has 0 saturated carbocycles. The van der Waals surface area contributed by atoms with E-state index in [1.54, 1.807) is 6.20 Å². The van der Waals surface area contributed by atoms with Gasteiger partial charge < -0.3 is 5.21 Å². The first kappa shape index (κ1) is 7.03. The van der Waals surface area contributed by atoms with Gasteiger partial charge in [0.05, 0.1) is 5.39 Å². The molecule has 0 N–H and O–H groups in total. The average Bonchev–Trinajstić information content (AvgIpc) is 2.03. The molecular formula is C9H8N2O. The summed E-state index contributed by atoms with van der Waals surface area (Å²) in [5, 5.41) is 16.3. The monoisotopic (exact) mass is 160 g/mol. The molecule has 1 aromatic heterocycles. The molecular weight excluding hydrogens is 152 g/mol. The summed E-state index contributed by atoms with van der Waals surface area (Å²) in [6, 6.07) is 5.92. The Morgan fingerprint density at radius 2 is 2.17 bits per heavy atom. The maximum Gasteiger partial charge on any atom is 0.217 e. The second-order valence-electron chi connectivity index (χ2n) is 2.81. The van der Waals surface area contributed by atoms with Gasteiger partial charge in [-0.05, 0) is 13.0 Å². The highest BCUT2D eigenvalue weighted by Crippen LogP contribution is 2.11. The summed E-state index contributed by atoms with van der Waals surface area (Å²) in [6.07, 6.45) is 3.05. The molecule has 12 heavy (non-hydrogen) atoms. The zero-order valence-electron chi connectivity index (χ0n) is 6.69. The third-order valence-electron chi connectivity index (χ3n) is 1.80. The minimum atomic E-state index is 0.571. The Kier molecular flexibility index (Phi) is 1.43. The van der Waals surface area contributed by atoms with E-state index in [1.165, 1.54) is 6.20 Å². The second-order valence-corrected chi connectivity index (χ2v) is 2.81. The Morgan fingerprint density at radius 3 is 3.00 bits per heavy atom. The second kappa shape index (κ2) is 2.44. The van der Waals surface area contributed by atoms with Crippen LogP contribution in [0.1, 0.15) is 5.56 Å². The molecule has 0 aliphatic heterocycles. The number of hydrogen-bond donors (Lipinski definition) is 0. The predicted octanol–water partition coefficient (Wildman–Crippen LogP) is 1.18. The van der Waals surface area contributed by atoms with Crippen molar-refractivity contribution in [3.63, 3.8) is 0 Å². The molecule has 0 unspecified atom stereocenters. The molecule has 0 fully saturated rings. The summed E-state index contributed by atoms with van der Waals surface area (Å²) < 4.78 is 0. The van der Waals surface area contributed by atoms with Crippen molar-refractivity contribution in [3.8, 4) is 0 Å². The highest BCUT2D eigenvalue weighted by molar-refractivity contribution is 5.80. The van der Waals surface area contributed by atoms with Crippen LogP contribution in [-0.4, -0.2) is 5.10 Å². The highest BCUT2D eigenvalue weighted by atomic mass is 16.5. The normalized spacial score (nSPS) is 10.4. The number of nitrogens with zero attached hydrogens (tertiary/aromatic N) is 2. The lowest BCUT2D eigenvalue weighted by molar-refractivity contribution is -0.667. The van der Waals surface area contributed by atoms with E-state index in [-0.39, 0.29) is 0 Å². The lowest BCUT2D eigenvalue weighted by Gasteiger charge is -1.97. The van der Waals surface area contributed by atoms with Crippen molar-refractivity contribution in [2.24, 2.45) is 0 Å². The molecule has 60 valence electrons. The summed E-state index contributed by atoms with van der Waals surface area (Å²) in [4.78, 5) is 0.571. The summed E-state index contributed by atoms with van der Waals surface area (Å²) in [5.74, 6) is 0. The van der Waals surface area contributed by atoms with E-state index < -0.39 is 0 Å². The smallest absolute Gasteiger partial charge is 0.217 e. The largest absolute Gasteiger partial charge is 0.594 e. The van der Waals surface area contributed by atoms with Gasteiger partial charge in [-0.3, -0.25) is 0 Å². The first-order chi connectivity index (χ1) is 5.75. The fourth-order valence-electron chi connectivity index (χ4n) is 1.19. The van der Waals surface area contributed by atoms with Crippen LogP contribution in [0, 0.1) is 12.1 Å². The lowest BCUT2D eigenvalue weighted by Crippen LogP contribution is -2.29. The van der Waals surface area contributed by atoms with Crippen molar-refractivity contribution in [2.75, 3.05) is 0 Å². The third-order valence-corrected chi connectivity index (χ3v) is 1.80. The zero-order chi connectivity index (χ0) is 8.55. The van der Waals surface area contributed by atoms with Crippen LogP contribution >= 0.6 is 0 Å². The SMILES string of the molecule is Cc1ccc2cn[n+]([O-])cc2c1. The van der Waals surface area contributed by atoms with Crippen LogP contribution in [-0.2, 0) is 0 Å². The van der Waals surface area contributed by atoms with E-state index in [2.05, 4.69) is 5.10 Å². The van der Waals surface area contributed by atoms with Crippen molar-refractivity contribution in [1.29, 1.82) is 0 Å². The number of hydrogen-bond acceptors (Lipinski definition) is 2. The van der Waals surface area contributed by atoms with Gasteiger partial charge in [-0.1, -0.05) is 22.5 Å². The maximum absolute atomic E-state index is 10.8. The minimum absolute atomic E-state index is 0.571. The van der Waals surface area contributed by atoms with E-state index in [9.17, 15) is 5.21 Å². The third kappa shape index (κ3) is 1.09. The summed E-state index contributed by atoms with van der Waals surface area (Å²) in [7, 11) is 0. The van der Waals surface area contributed by atoms with Gasteiger partial charge in [0.15, 0.2) is 0 Å². The van der Waals surface area contributed by atoms with Crippen molar-refractivity contribution in [1.82, 2.24) is 5.10 Å². The fourth-order valence-corrected chi connectivity index (χ4v) is 1.19. The highest BCUT2D eigenvalue weighted by Gasteiger charge is 1.97. The number of aryl methyl sites for hydroxylation is 1. The molecule has 1 heterocycles. The van der Waals surface area contributed by atoms with Gasteiger partial charge in [0, 0.05) is 10.5 Å². The molecule has 3 nitrogen and oxygen atoms in total. The first-order valence-corrected chi connectivity index (χ1v) is 3.71. The van der Waals surface area contributed by atoms with Crippen LogP contribution in [0.25, 0.3) is 10.8 Å². The lowest BCUT2D eigenvalue weighted by atomic mass is 10.1. The quantitative estimate of drug-likeness (QED) is 0.428. The van der Waals surface area contributed by atoms with Crippen LogP contribution in [0.3, 0.4) is 0 Å². The van der Waals surface area contributed by atoms with E-state index in [1.807, 2.05) is 25.1 Å². The Labute approximate surface area is 69.8 Å². The molecule has 0 radical (unpaired) electrons. The summed E-state index contributed by atoms with van der Waals surface area (Å²) in [5.41, 5.74) is 1.15. The number of aromatic nitrogens is 2. The number of fused-ring (bicyclic) bond motifs is 1. The standard InChI is InChI=1S/C9H8N2O/c1-7-2-3-8-5-10-11(12)6-9(8)4-7/h2-6H,1H3. The van der Waals surface area contributed by atoms with Gasteiger partial charge in [-0.25, -0.2) is 0 Å². The fraction of sp³-hybridized carbons (Fsp3) is 0.111. The van der Waals surface area contributed by atoms with Crippen molar-refractivity contribution in [2.45, 2.75) is 6.92 Å². The summed E-state index contributed by atoms with van der Waals surface area (Å²) >= 11 is 0. The predicted molar refractivity (Wildman–Crippen MR) is 45.4 cm³/mol. The molecule has 0 atom stereocenters. The van der Waals surface area contributed by atoms with E-state index in [0.717, 1.165) is 16.3 Å². The topological polar surface area (TPSA) is 39.8 Å². The minimum Gasteiger partial charge on any atom is -0.594 e. The van der Waals surface area contributed by atoms with Gasteiger partial charge in [-0.15, -0.1) is 0 Å². The van der Waals surface area contributed by atoms with E-state index in [0.29, 0.717) is 4.85 Å². The van der Waals surface area contributed by atoms with Crippen molar-refractivity contribution in [3.05, 3.63) is 41.4 Å². The van der Waals surface area contributed by atoms with Gasteiger partial charge in [0.1, 0.15) is 6.20 Å². The van der Waals surface area contributed by atoms with Crippen LogP contribution in [0.15, 0.2) is 30.6 Å². The van der Waals surface area contributed by atoms with Crippen LogP contribution in [0.4, 0.5) is 0 Å². The molecule has 2 rings (SSSR count). The molecule has 3 heteroatoms. The van der Waals surface area contributed by atoms with E-state index >= 15 is 0 Å². The molecule has 2 aromatic rings.